The molecular weight excluding hydrogens is 316 g/mol. The predicted molar refractivity (Wildman–Crippen MR) is 95.3 cm³/mol. The van der Waals surface area contributed by atoms with Gasteiger partial charge in [-0.05, 0) is 38.3 Å². The van der Waals surface area contributed by atoms with Gasteiger partial charge in [0.25, 0.3) is 0 Å². The van der Waals surface area contributed by atoms with Crippen LogP contribution in [0.25, 0.3) is 0 Å². The number of aryl methyl sites for hydroxylation is 2. The van der Waals surface area contributed by atoms with Gasteiger partial charge in [-0.1, -0.05) is 20.8 Å². The summed E-state index contributed by atoms with van der Waals surface area (Å²) >= 11 is 0. The van der Waals surface area contributed by atoms with Gasteiger partial charge in [-0.15, -0.1) is 0 Å². The number of oxazole rings is 1. The van der Waals surface area contributed by atoms with Crippen LogP contribution in [0.2, 0.25) is 0 Å². The average molecular weight is 344 g/mol. The Kier molecular flexibility index (Phi) is 5.02. The average Bonchev–Trinajstić information content (AvgIpc) is 3.21. The molecule has 1 aliphatic heterocycles. The molecule has 0 aliphatic carbocycles. The Bertz CT molecular complexity index is 723. The summed E-state index contributed by atoms with van der Waals surface area (Å²) in [5, 5.41) is 0. The first-order valence-corrected chi connectivity index (χ1v) is 9.15. The van der Waals surface area contributed by atoms with Gasteiger partial charge < -0.3 is 13.7 Å². The maximum absolute atomic E-state index is 12.8. The van der Waals surface area contributed by atoms with Crippen LogP contribution in [-0.2, 0) is 16.6 Å². The van der Waals surface area contributed by atoms with Gasteiger partial charge in [0.2, 0.25) is 5.91 Å². The SMILES string of the molecule is Cc1ccc(C2CCCCN2C(=O)CCc2ncc(C(C)(C)C)o2)o1. The van der Waals surface area contributed by atoms with Crippen LogP contribution in [0.4, 0.5) is 0 Å². The fourth-order valence-corrected chi connectivity index (χ4v) is 3.29. The summed E-state index contributed by atoms with van der Waals surface area (Å²) < 4.78 is 11.6. The van der Waals surface area contributed by atoms with E-state index in [4.69, 9.17) is 8.83 Å². The van der Waals surface area contributed by atoms with Gasteiger partial charge in [0.05, 0.1) is 12.2 Å². The summed E-state index contributed by atoms with van der Waals surface area (Å²) in [7, 11) is 0. The van der Waals surface area contributed by atoms with Crippen molar-refractivity contribution in [1.29, 1.82) is 0 Å². The summed E-state index contributed by atoms with van der Waals surface area (Å²) in [6.07, 6.45) is 5.87. The Morgan fingerprint density at radius 1 is 1.28 bits per heavy atom. The minimum Gasteiger partial charge on any atom is -0.464 e. The van der Waals surface area contributed by atoms with Crippen molar-refractivity contribution in [2.45, 2.75) is 71.3 Å². The first-order valence-electron chi connectivity index (χ1n) is 9.15. The van der Waals surface area contributed by atoms with E-state index in [9.17, 15) is 4.79 Å². The van der Waals surface area contributed by atoms with Crippen molar-refractivity contribution in [3.63, 3.8) is 0 Å². The molecule has 2 aromatic rings. The molecule has 0 N–H and O–H groups in total. The zero-order valence-corrected chi connectivity index (χ0v) is 15.7. The highest BCUT2D eigenvalue weighted by Crippen LogP contribution is 2.32. The van der Waals surface area contributed by atoms with Crippen molar-refractivity contribution in [3.05, 3.63) is 41.5 Å². The molecule has 0 radical (unpaired) electrons. The van der Waals surface area contributed by atoms with Crippen LogP contribution in [0.1, 0.15) is 75.7 Å². The fourth-order valence-electron chi connectivity index (χ4n) is 3.29. The van der Waals surface area contributed by atoms with Gasteiger partial charge in [0.1, 0.15) is 17.3 Å². The van der Waals surface area contributed by atoms with Crippen molar-refractivity contribution in [2.24, 2.45) is 0 Å². The van der Waals surface area contributed by atoms with Gasteiger partial charge in [0, 0.05) is 24.8 Å². The zero-order chi connectivity index (χ0) is 18.0. The lowest BCUT2D eigenvalue weighted by molar-refractivity contribution is -0.135. The molecule has 1 unspecified atom stereocenters. The van der Waals surface area contributed by atoms with Crippen LogP contribution in [0, 0.1) is 6.92 Å². The second-order valence-corrected chi connectivity index (χ2v) is 7.92. The molecule has 1 fully saturated rings. The third-order valence-corrected chi connectivity index (χ3v) is 4.76. The number of furan rings is 1. The number of hydrogen-bond donors (Lipinski definition) is 0. The summed E-state index contributed by atoms with van der Waals surface area (Å²) in [5.74, 6) is 3.44. The quantitative estimate of drug-likeness (QED) is 0.816. The van der Waals surface area contributed by atoms with E-state index in [1.807, 2.05) is 24.0 Å². The Morgan fingerprint density at radius 2 is 2.08 bits per heavy atom. The van der Waals surface area contributed by atoms with Crippen LogP contribution >= 0.6 is 0 Å². The molecule has 1 amide bonds. The lowest BCUT2D eigenvalue weighted by atomic mass is 9.94. The maximum atomic E-state index is 12.8. The van der Waals surface area contributed by atoms with Crippen LogP contribution in [0.5, 0.6) is 0 Å². The Balaban J connectivity index is 1.64. The molecule has 2 aromatic heterocycles. The van der Waals surface area contributed by atoms with E-state index in [1.165, 1.54) is 0 Å². The number of likely N-dealkylation sites (tertiary alicyclic amines) is 1. The summed E-state index contributed by atoms with van der Waals surface area (Å²) in [6.45, 7) is 9.00. The molecule has 0 spiro atoms. The topological polar surface area (TPSA) is 59.5 Å². The summed E-state index contributed by atoms with van der Waals surface area (Å²) in [6, 6.07) is 4.02. The fraction of sp³-hybridized carbons (Fsp3) is 0.600. The van der Waals surface area contributed by atoms with Crippen LogP contribution in [0.15, 0.2) is 27.2 Å². The Labute approximate surface area is 149 Å². The molecule has 25 heavy (non-hydrogen) atoms. The van der Waals surface area contributed by atoms with Gasteiger partial charge in [-0.3, -0.25) is 4.79 Å². The van der Waals surface area contributed by atoms with E-state index in [1.54, 1.807) is 6.20 Å². The maximum Gasteiger partial charge on any atom is 0.223 e. The molecule has 1 atom stereocenters. The Hall–Kier alpha value is -2.04. The number of piperidine rings is 1. The smallest absolute Gasteiger partial charge is 0.223 e. The number of nitrogens with zero attached hydrogens (tertiary/aromatic N) is 2. The standard InChI is InChI=1S/C20H28N2O3/c1-14-8-9-16(24-14)15-7-5-6-12-22(15)19(23)11-10-18-21-13-17(25-18)20(2,3)4/h8-9,13,15H,5-7,10-12H2,1-4H3. The van der Waals surface area contributed by atoms with Gasteiger partial charge in [-0.25, -0.2) is 4.98 Å². The Morgan fingerprint density at radius 3 is 2.72 bits per heavy atom. The minimum atomic E-state index is -0.0651. The van der Waals surface area contributed by atoms with Crippen LogP contribution in [0.3, 0.4) is 0 Å². The molecule has 3 heterocycles. The number of carbonyl (C=O) groups excluding carboxylic acids is 1. The summed E-state index contributed by atoms with van der Waals surface area (Å²) in [5.41, 5.74) is -0.0651. The highest BCUT2D eigenvalue weighted by molar-refractivity contribution is 5.77. The van der Waals surface area contributed by atoms with Crippen LogP contribution in [-0.4, -0.2) is 22.3 Å². The number of carbonyl (C=O) groups is 1. The lowest BCUT2D eigenvalue weighted by Crippen LogP contribution is -2.38. The molecule has 0 saturated carbocycles. The molecule has 5 heteroatoms. The second kappa shape index (κ2) is 7.06. The van der Waals surface area contributed by atoms with Crippen molar-refractivity contribution in [3.8, 4) is 0 Å². The molecule has 136 valence electrons. The summed E-state index contributed by atoms with van der Waals surface area (Å²) in [4.78, 5) is 19.1. The molecule has 5 nitrogen and oxygen atoms in total. The second-order valence-electron chi connectivity index (χ2n) is 7.92. The van der Waals surface area contributed by atoms with Crippen molar-refractivity contribution < 1.29 is 13.6 Å². The number of aromatic nitrogens is 1. The van der Waals surface area contributed by atoms with E-state index < -0.39 is 0 Å². The molecule has 1 aliphatic rings. The zero-order valence-electron chi connectivity index (χ0n) is 15.7. The van der Waals surface area contributed by atoms with E-state index in [2.05, 4.69) is 25.8 Å². The first kappa shape index (κ1) is 17.8. The normalized spacial score (nSPS) is 18.6. The van der Waals surface area contributed by atoms with Crippen LogP contribution < -0.4 is 0 Å². The number of rotatable bonds is 4. The van der Waals surface area contributed by atoms with E-state index in [0.29, 0.717) is 18.7 Å². The van der Waals surface area contributed by atoms with Crippen molar-refractivity contribution in [2.75, 3.05) is 6.54 Å². The predicted octanol–water partition coefficient (Wildman–Crippen LogP) is 4.56. The monoisotopic (exact) mass is 344 g/mol. The first-order chi connectivity index (χ1) is 11.8. The van der Waals surface area contributed by atoms with E-state index in [-0.39, 0.29) is 17.4 Å². The molecule has 1 saturated heterocycles. The van der Waals surface area contributed by atoms with Crippen molar-refractivity contribution in [1.82, 2.24) is 9.88 Å². The molecule has 0 bridgehead atoms. The highest BCUT2D eigenvalue weighted by atomic mass is 16.4. The van der Waals surface area contributed by atoms with Gasteiger partial charge in [0.15, 0.2) is 5.89 Å². The largest absolute Gasteiger partial charge is 0.464 e. The van der Waals surface area contributed by atoms with Gasteiger partial charge in [-0.2, -0.15) is 0 Å². The third kappa shape index (κ3) is 4.14. The number of amides is 1. The lowest BCUT2D eigenvalue weighted by Gasteiger charge is -2.34. The van der Waals surface area contributed by atoms with Crippen molar-refractivity contribution >= 4 is 5.91 Å². The highest BCUT2D eigenvalue weighted by Gasteiger charge is 2.30. The van der Waals surface area contributed by atoms with E-state index >= 15 is 0 Å². The third-order valence-electron chi connectivity index (χ3n) is 4.76. The minimum absolute atomic E-state index is 0.0599. The molecule has 3 rings (SSSR count). The number of hydrogen-bond acceptors (Lipinski definition) is 4. The van der Waals surface area contributed by atoms with Gasteiger partial charge >= 0.3 is 0 Å². The molecular formula is C20H28N2O3. The molecule has 0 aromatic carbocycles. The van der Waals surface area contributed by atoms with E-state index in [0.717, 1.165) is 43.1 Å².